The molecule has 0 saturated carbocycles. The number of hydrogen-bond acceptors (Lipinski definition) is 4. The summed E-state index contributed by atoms with van der Waals surface area (Å²) < 4.78 is 6.15. The summed E-state index contributed by atoms with van der Waals surface area (Å²) in [5.74, 6) is -0.983. The summed E-state index contributed by atoms with van der Waals surface area (Å²) in [4.78, 5) is 22.3. The van der Waals surface area contributed by atoms with E-state index in [0.717, 1.165) is 59.1 Å². The quantitative estimate of drug-likeness (QED) is 0.207. The van der Waals surface area contributed by atoms with Crippen LogP contribution in [0.1, 0.15) is 43.1 Å². The van der Waals surface area contributed by atoms with E-state index in [-0.39, 0.29) is 11.4 Å². The fourth-order valence-corrected chi connectivity index (χ4v) is 4.05. The number of unbranched alkanes of at least 4 members (excludes halogenated alkanes) is 1. The zero-order valence-corrected chi connectivity index (χ0v) is 19.0. The highest BCUT2D eigenvalue weighted by Gasteiger charge is 2.15. The minimum atomic E-state index is -1.23. The number of nitrogens with one attached hydrogen (secondary N) is 1. The maximum absolute atomic E-state index is 11.7. The van der Waals surface area contributed by atoms with Crippen LogP contribution in [-0.2, 0) is 22.4 Å². The van der Waals surface area contributed by atoms with Crippen molar-refractivity contribution in [2.75, 3.05) is 5.32 Å². The number of carbonyl (C=O) groups is 2. The first-order valence-corrected chi connectivity index (χ1v) is 11.4. The number of aliphatic carboxylic acids is 1. The standard InChI is InChI=1S/C28H27NO5/c1-2-3-7-26-22(21-6-4-5-8-25(21)34-26)15-18-9-11-19(12-10-18)20-13-14-23(24(30)16-20)29-27(31)17-28(32)33/h4-6,8-14,16,30H,2-3,7,15,17H2,1H3,(H,29,31)(H,32,33). The van der Waals surface area contributed by atoms with E-state index in [9.17, 15) is 14.7 Å². The van der Waals surface area contributed by atoms with E-state index in [2.05, 4.69) is 30.4 Å². The Balaban J connectivity index is 1.52. The molecule has 0 fully saturated rings. The maximum Gasteiger partial charge on any atom is 0.312 e. The van der Waals surface area contributed by atoms with Gasteiger partial charge in [0.05, 0.1) is 5.69 Å². The van der Waals surface area contributed by atoms with Gasteiger partial charge in [-0.15, -0.1) is 0 Å². The van der Waals surface area contributed by atoms with E-state index < -0.39 is 18.3 Å². The first kappa shape index (κ1) is 23.1. The Labute approximate surface area is 197 Å². The first-order chi connectivity index (χ1) is 16.4. The molecule has 0 unspecified atom stereocenters. The van der Waals surface area contributed by atoms with Crippen molar-refractivity contribution >= 4 is 28.5 Å². The second kappa shape index (κ2) is 10.3. The molecule has 34 heavy (non-hydrogen) atoms. The van der Waals surface area contributed by atoms with E-state index in [1.165, 1.54) is 5.56 Å². The third-order valence-electron chi connectivity index (χ3n) is 5.79. The molecule has 0 aliphatic heterocycles. The Bertz CT molecular complexity index is 1320. The van der Waals surface area contributed by atoms with Crippen LogP contribution in [0.2, 0.25) is 0 Å². The lowest BCUT2D eigenvalue weighted by Gasteiger charge is -2.10. The number of phenolic OH excluding ortho intramolecular Hbond substituents is 1. The molecule has 6 nitrogen and oxygen atoms in total. The van der Waals surface area contributed by atoms with Crippen molar-refractivity contribution in [3.8, 4) is 16.9 Å². The molecule has 6 heteroatoms. The van der Waals surface area contributed by atoms with Crippen LogP contribution in [0.5, 0.6) is 5.75 Å². The van der Waals surface area contributed by atoms with Gasteiger partial charge in [-0.25, -0.2) is 0 Å². The minimum Gasteiger partial charge on any atom is -0.506 e. The van der Waals surface area contributed by atoms with Gasteiger partial charge in [0, 0.05) is 23.8 Å². The second-order valence-corrected chi connectivity index (χ2v) is 8.33. The van der Waals surface area contributed by atoms with Crippen LogP contribution < -0.4 is 5.32 Å². The highest BCUT2D eigenvalue weighted by molar-refractivity contribution is 6.02. The molecule has 1 heterocycles. The highest BCUT2D eigenvalue weighted by atomic mass is 16.4. The van der Waals surface area contributed by atoms with Crippen LogP contribution in [0.25, 0.3) is 22.1 Å². The predicted molar refractivity (Wildman–Crippen MR) is 132 cm³/mol. The largest absolute Gasteiger partial charge is 0.506 e. The maximum atomic E-state index is 11.7. The van der Waals surface area contributed by atoms with Gasteiger partial charge >= 0.3 is 5.97 Å². The summed E-state index contributed by atoms with van der Waals surface area (Å²) in [6, 6.07) is 21.2. The number of hydrogen-bond donors (Lipinski definition) is 3. The molecule has 4 rings (SSSR count). The lowest BCUT2D eigenvalue weighted by molar-refractivity contribution is -0.139. The number of rotatable bonds is 9. The summed E-state index contributed by atoms with van der Waals surface area (Å²) in [5.41, 5.74) is 5.21. The third-order valence-corrected chi connectivity index (χ3v) is 5.79. The van der Waals surface area contributed by atoms with Crippen LogP contribution in [-0.4, -0.2) is 22.1 Å². The minimum absolute atomic E-state index is 0.120. The van der Waals surface area contributed by atoms with Gasteiger partial charge < -0.3 is 19.9 Å². The number of anilines is 1. The molecule has 1 amide bonds. The Kier molecular flexibility index (Phi) is 6.97. The number of carboxylic acid groups (broad SMARTS) is 1. The average molecular weight is 458 g/mol. The van der Waals surface area contributed by atoms with Gasteiger partial charge in [-0.3, -0.25) is 9.59 Å². The van der Waals surface area contributed by atoms with Crippen molar-refractivity contribution in [1.29, 1.82) is 0 Å². The fraction of sp³-hybridized carbons (Fsp3) is 0.214. The van der Waals surface area contributed by atoms with Crippen LogP contribution in [0.15, 0.2) is 71.1 Å². The molecule has 1 aromatic heterocycles. The molecule has 3 aromatic carbocycles. The number of carboxylic acids is 1. The molecule has 3 N–H and O–H groups in total. The van der Waals surface area contributed by atoms with E-state index in [4.69, 9.17) is 9.52 Å². The van der Waals surface area contributed by atoms with Crippen LogP contribution in [0.3, 0.4) is 0 Å². The molecule has 0 saturated heterocycles. The lowest BCUT2D eigenvalue weighted by atomic mass is 9.97. The topological polar surface area (TPSA) is 99.8 Å². The normalized spacial score (nSPS) is 11.0. The summed E-state index contributed by atoms with van der Waals surface area (Å²) >= 11 is 0. The Morgan fingerprint density at radius 2 is 1.71 bits per heavy atom. The first-order valence-electron chi connectivity index (χ1n) is 11.4. The Morgan fingerprint density at radius 1 is 0.971 bits per heavy atom. The van der Waals surface area contributed by atoms with Gasteiger partial charge in [0.25, 0.3) is 0 Å². The molecular formula is C28H27NO5. The Morgan fingerprint density at radius 3 is 2.41 bits per heavy atom. The van der Waals surface area contributed by atoms with E-state index in [1.54, 1.807) is 18.2 Å². The number of phenols is 1. The molecule has 0 aliphatic rings. The van der Waals surface area contributed by atoms with Crippen molar-refractivity contribution < 1.29 is 24.2 Å². The average Bonchev–Trinajstić information content (AvgIpc) is 3.16. The fourth-order valence-electron chi connectivity index (χ4n) is 4.05. The molecule has 0 atom stereocenters. The smallest absolute Gasteiger partial charge is 0.312 e. The van der Waals surface area contributed by atoms with Gasteiger partial charge in [-0.05, 0) is 41.3 Å². The number of fused-ring (bicyclic) bond motifs is 1. The zero-order valence-electron chi connectivity index (χ0n) is 19.0. The number of benzene rings is 3. The van der Waals surface area contributed by atoms with Crippen LogP contribution in [0, 0.1) is 0 Å². The van der Waals surface area contributed by atoms with E-state index in [0.29, 0.717) is 0 Å². The molecule has 0 aliphatic carbocycles. The number of para-hydroxylation sites is 1. The number of aryl methyl sites for hydroxylation is 1. The molecule has 0 spiro atoms. The molecule has 174 valence electrons. The van der Waals surface area contributed by atoms with Gasteiger partial charge in [-0.2, -0.15) is 0 Å². The van der Waals surface area contributed by atoms with E-state index in [1.807, 2.05) is 30.3 Å². The van der Waals surface area contributed by atoms with Gasteiger partial charge in [0.1, 0.15) is 23.5 Å². The van der Waals surface area contributed by atoms with Crippen LogP contribution >= 0.6 is 0 Å². The van der Waals surface area contributed by atoms with Gasteiger partial charge in [-0.1, -0.05) is 61.9 Å². The van der Waals surface area contributed by atoms with Crippen molar-refractivity contribution in [2.24, 2.45) is 0 Å². The zero-order chi connectivity index (χ0) is 24.1. The Hall–Kier alpha value is -4.06. The number of carbonyl (C=O) groups excluding carboxylic acids is 1. The highest BCUT2D eigenvalue weighted by Crippen LogP contribution is 2.32. The summed E-state index contributed by atoms with van der Waals surface area (Å²) in [6.45, 7) is 2.18. The number of amides is 1. The van der Waals surface area contributed by atoms with Crippen LogP contribution in [0.4, 0.5) is 5.69 Å². The van der Waals surface area contributed by atoms with Gasteiger partial charge in [0.15, 0.2) is 0 Å². The van der Waals surface area contributed by atoms with Crippen molar-refractivity contribution in [2.45, 2.75) is 39.0 Å². The summed E-state index contributed by atoms with van der Waals surface area (Å²) in [7, 11) is 0. The SMILES string of the molecule is CCCCc1oc2ccccc2c1Cc1ccc(-c2ccc(NC(=O)CC(=O)O)c(O)c2)cc1. The number of aromatic hydroxyl groups is 1. The summed E-state index contributed by atoms with van der Waals surface area (Å²) in [6.07, 6.45) is 3.24. The molecule has 0 bridgehead atoms. The molecular weight excluding hydrogens is 430 g/mol. The summed E-state index contributed by atoms with van der Waals surface area (Å²) in [5, 5.41) is 22.6. The molecule has 0 radical (unpaired) electrons. The third kappa shape index (κ3) is 5.29. The van der Waals surface area contributed by atoms with Crippen molar-refractivity contribution in [1.82, 2.24) is 0 Å². The second-order valence-electron chi connectivity index (χ2n) is 8.33. The van der Waals surface area contributed by atoms with E-state index >= 15 is 0 Å². The monoisotopic (exact) mass is 457 g/mol. The van der Waals surface area contributed by atoms with Crippen molar-refractivity contribution in [3.05, 3.63) is 83.6 Å². The number of furan rings is 1. The molecule has 4 aromatic rings. The predicted octanol–water partition coefficient (Wildman–Crippen LogP) is 6.15. The lowest BCUT2D eigenvalue weighted by Crippen LogP contribution is -2.15. The van der Waals surface area contributed by atoms with Gasteiger partial charge in [0.2, 0.25) is 5.91 Å². The van der Waals surface area contributed by atoms with Crippen molar-refractivity contribution in [3.63, 3.8) is 0 Å².